The van der Waals surface area contributed by atoms with Crippen LogP contribution >= 0.6 is 0 Å². The van der Waals surface area contributed by atoms with Crippen molar-refractivity contribution in [3.63, 3.8) is 0 Å². The Morgan fingerprint density at radius 3 is 2.25 bits per heavy atom. The summed E-state index contributed by atoms with van der Waals surface area (Å²) in [5.41, 5.74) is 1.53. The fourth-order valence-corrected chi connectivity index (χ4v) is 3.22. The molecule has 0 aromatic rings. The first-order valence-corrected chi connectivity index (χ1v) is 6.99. The van der Waals surface area contributed by atoms with Gasteiger partial charge in [-0.3, -0.25) is 0 Å². The van der Waals surface area contributed by atoms with Crippen molar-refractivity contribution >= 4 is 7.85 Å². The molecule has 0 radical (unpaired) electrons. The molecule has 1 fully saturated rings. The van der Waals surface area contributed by atoms with Gasteiger partial charge in [0.05, 0.1) is 0 Å². The first-order valence-electron chi connectivity index (χ1n) is 6.99. The van der Waals surface area contributed by atoms with Crippen LogP contribution in [0.3, 0.4) is 0 Å². The predicted octanol–water partition coefficient (Wildman–Crippen LogP) is 4.23. The van der Waals surface area contributed by atoms with E-state index in [0.717, 1.165) is 17.8 Å². The normalized spacial score (nSPS) is 29.9. The van der Waals surface area contributed by atoms with E-state index in [4.69, 9.17) is 0 Å². The van der Waals surface area contributed by atoms with Crippen LogP contribution in [0.5, 0.6) is 0 Å². The fourth-order valence-electron chi connectivity index (χ4n) is 3.22. The number of unbranched alkanes of at least 4 members (excludes halogenated alkanes) is 1. The third kappa shape index (κ3) is 3.99. The van der Waals surface area contributed by atoms with Crippen molar-refractivity contribution in [2.24, 2.45) is 17.8 Å². The lowest BCUT2D eigenvalue weighted by Gasteiger charge is -2.42. The summed E-state index contributed by atoms with van der Waals surface area (Å²) in [6.45, 7) is 13.7. The van der Waals surface area contributed by atoms with E-state index in [0.29, 0.717) is 5.31 Å². The summed E-state index contributed by atoms with van der Waals surface area (Å²) in [6, 6.07) is 0. The van der Waals surface area contributed by atoms with Gasteiger partial charge in [0, 0.05) is 0 Å². The maximum absolute atomic E-state index is 4.31. The summed E-state index contributed by atoms with van der Waals surface area (Å²) < 4.78 is 0. The van der Waals surface area contributed by atoms with Crippen LogP contribution in [0.15, 0.2) is 12.2 Å². The third-order valence-electron chi connectivity index (χ3n) is 4.12. The monoisotopic (exact) mass is 220 g/mol. The van der Waals surface area contributed by atoms with Gasteiger partial charge in [-0.1, -0.05) is 58.0 Å². The summed E-state index contributed by atoms with van der Waals surface area (Å²) in [7, 11) is 2.33. The average Bonchev–Trinajstić information content (AvgIpc) is 2.10. The van der Waals surface area contributed by atoms with E-state index in [1.54, 1.807) is 0 Å². The molecule has 2 atom stereocenters. The fraction of sp³-hybridized carbons (Fsp3) is 0.867. The van der Waals surface area contributed by atoms with Crippen molar-refractivity contribution in [3.05, 3.63) is 12.2 Å². The predicted molar refractivity (Wildman–Crippen MR) is 76.6 cm³/mol. The Bertz CT molecular complexity index is 228. The van der Waals surface area contributed by atoms with Crippen LogP contribution in [0, 0.1) is 17.8 Å². The Labute approximate surface area is 103 Å². The van der Waals surface area contributed by atoms with Crippen LogP contribution in [-0.2, 0) is 0 Å². The number of hydrogen-bond donors (Lipinski definition) is 0. The van der Waals surface area contributed by atoms with Crippen LogP contribution < -0.4 is 0 Å². The topological polar surface area (TPSA) is 0 Å². The van der Waals surface area contributed by atoms with Crippen LogP contribution in [0.4, 0.5) is 0 Å². The van der Waals surface area contributed by atoms with Gasteiger partial charge < -0.3 is 0 Å². The molecule has 1 rings (SSSR count). The lowest BCUT2D eigenvalue weighted by Crippen LogP contribution is -2.33. The minimum Gasteiger partial charge on any atom is -0.0996 e. The molecule has 0 aromatic heterocycles. The molecular weight excluding hydrogens is 191 g/mol. The standard InChI is InChI=1S/C15H29B/c1-11(14-12(2)10-13(14)3)8-6-7-9-15(4,5)16/h12-14H,1,6-10,16H2,2-5H3. The first kappa shape index (κ1) is 13.9. The van der Waals surface area contributed by atoms with Crippen molar-refractivity contribution in [1.82, 2.24) is 0 Å². The largest absolute Gasteiger partial charge is 0.108 e. The zero-order valence-corrected chi connectivity index (χ0v) is 12.0. The lowest BCUT2D eigenvalue weighted by atomic mass is 9.63. The maximum atomic E-state index is 4.31. The maximum Gasteiger partial charge on any atom is 0.108 e. The van der Waals surface area contributed by atoms with Crippen molar-refractivity contribution < 1.29 is 0 Å². The van der Waals surface area contributed by atoms with Gasteiger partial charge >= 0.3 is 0 Å². The molecular formula is C15H29B. The Morgan fingerprint density at radius 1 is 1.25 bits per heavy atom. The molecule has 1 aliphatic carbocycles. The van der Waals surface area contributed by atoms with Gasteiger partial charge in [-0.25, -0.2) is 0 Å². The molecule has 16 heavy (non-hydrogen) atoms. The molecule has 2 unspecified atom stereocenters. The van der Waals surface area contributed by atoms with Gasteiger partial charge in [0.15, 0.2) is 0 Å². The summed E-state index contributed by atoms with van der Waals surface area (Å²) in [5.74, 6) is 2.62. The molecule has 0 bridgehead atoms. The van der Waals surface area contributed by atoms with Crippen LogP contribution in [0.25, 0.3) is 0 Å². The highest BCUT2D eigenvalue weighted by molar-refractivity contribution is 6.14. The minimum atomic E-state index is 0.498. The lowest BCUT2D eigenvalue weighted by molar-refractivity contribution is 0.133. The van der Waals surface area contributed by atoms with E-state index in [2.05, 4.69) is 42.1 Å². The Hall–Kier alpha value is -0.195. The quantitative estimate of drug-likeness (QED) is 0.357. The van der Waals surface area contributed by atoms with E-state index in [-0.39, 0.29) is 0 Å². The van der Waals surface area contributed by atoms with Crippen molar-refractivity contribution in [1.29, 1.82) is 0 Å². The Balaban J connectivity index is 2.16. The molecule has 1 saturated carbocycles. The van der Waals surface area contributed by atoms with E-state index in [1.807, 2.05) is 0 Å². The molecule has 0 saturated heterocycles. The highest BCUT2D eigenvalue weighted by atomic mass is 14.4. The van der Waals surface area contributed by atoms with Gasteiger partial charge in [-0.2, -0.15) is 0 Å². The van der Waals surface area contributed by atoms with Gasteiger partial charge in [0.1, 0.15) is 7.85 Å². The average molecular weight is 220 g/mol. The van der Waals surface area contributed by atoms with Gasteiger partial charge in [0.2, 0.25) is 0 Å². The van der Waals surface area contributed by atoms with Crippen LogP contribution in [0.2, 0.25) is 5.31 Å². The molecule has 0 N–H and O–H groups in total. The second-order valence-corrected chi connectivity index (χ2v) is 7.14. The summed E-state index contributed by atoms with van der Waals surface area (Å²) in [6.07, 6.45) is 6.71. The van der Waals surface area contributed by atoms with Crippen LogP contribution in [0.1, 0.15) is 59.8 Å². The van der Waals surface area contributed by atoms with Crippen molar-refractivity contribution in [2.75, 3.05) is 0 Å². The molecule has 1 heteroatoms. The second kappa shape index (κ2) is 5.43. The molecule has 0 aliphatic heterocycles. The van der Waals surface area contributed by atoms with Crippen LogP contribution in [-0.4, -0.2) is 7.85 Å². The third-order valence-corrected chi connectivity index (χ3v) is 4.12. The first-order chi connectivity index (χ1) is 7.31. The number of rotatable bonds is 6. The van der Waals surface area contributed by atoms with E-state index in [1.165, 1.54) is 37.7 Å². The molecule has 0 heterocycles. The zero-order valence-electron chi connectivity index (χ0n) is 12.0. The Kier molecular flexibility index (Phi) is 4.70. The molecule has 0 amide bonds. The van der Waals surface area contributed by atoms with E-state index in [9.17, 15) is 0 Å². The zero-order chi connectivity index (χ0) is 12.3. The molecule has 0 aromatic carbocycles. The Morgan fingerprint density at radius 2 is 1.81 bits per heavy atom. The summed E-state index contributed by atoms with van der Waals surface area (Å²) in [4.78, 5) is 0. The number of allylic oxidation sites excluding steroid dienone is 1. The van der Waals surface area contributed by atoms with Gasteiger partial charge in [-0.15, -0.1) is 0 Å². The van der Waals surface area contributed by atoms with Crippen molar-refractivity contribution in [3.8, 4) is 0 Å². The molecule has 1 aliphatic rings. The van der Waals surface area contributed by atoms with E-state index < -0.39 is 0 Å². The highest BCUT2D eigenvalue weighted by Gasteiger charge is 2.35. The van der Waals surface area contributed by atoms with Crippen molar-refractivity contribution in [2.45, 2.75) is 65.1 Å². The smallest absolute Gasteiger partial charge is 0.0996 e. The van der Waals surface area contributed by atoms with Gasteiger partial charge in [0.25, 0.3) is 0 Å². The minimum absolute atomic E-state index is 0.498. The molecule has 92 valence electrons. The SMILES string of the molecule is BC(C)(C)CCCCC(=C)C1C(C)CC1C. The molecule has 0 nitrogen and oxygen atoms in total. The summed E-state index contributed by atoms with van der Waals surface area (Å²) >= 11 is 0. The summed E-state index contributed by atoms with van der Waals surface area (Å²) in [5, 5.41) is 0.498. The second-order valence-electron chi connectivity index (χ2n) is 7.14. The number of hydrogen-bond acceptors (Lipinski definition) is 0. The van der Waals surface area contributed by atoms with Gasteiger partial charge in [-0.05, 0) is 37.0 Å². The highest BCUT2D eigenvalue weighted by Crippen LogP contribution is 2.45. The molecule has 0 spiro atoms. The van der Waals surface area contributed by atoms with E-state index >= 15 is 0 Å².